The summed E-state index contributed by atoms with van der Waals surface area (Å²) in [7, 11) is 3.75. The minimum absolute atomic E-state index is 0.0176. The molecular formula is C16H27N7O2. The van der Waals surface area contributed by atoms with Crippen molar-refractivity contribution in [1.29, 1.82) is 0 Å². The summed E-state index contributed by atoms with van der Waals surface area (Å²) in [5.41, 5.74) is 5.82. The summed E-state index contributed by atoms with van der Waals surface area (Å²) in [4.78, 5) is 31.4. The van der Waals surface area contributed by atoms with Crippen LogP contribution < -0.4 is 10.6 Å². The molecule has 3 heterocycles. The number of carbonyl (C=O) groups excluding carboxylic acids is 1. The van der Waals surface area contributed by atoms with Crippen molar-refractivity contribution in [2.75, 3.05) is 57.5 Å². The molecule has 2 aliphatic heterocycles. The molecule has 0 saturated carbocycles. The van der Waals surface area contributed by atoms with E-state index in [4.69, 9.17) is 10.5 Å². The van der Waals surface area contributed by atoms with E-state index in [9.17, 15) is 4.79 Å². The fourth-order valence-electron chi connectivity index (χ4n) is 3.25. The van der Waals surface area contributed by atoms with Gasteiger partial charge in [-0.25, -0.2) is 0 Å². The van der Waals surface area contributed by atoms with Gasteiger partial charge < -0.3 is 20.3 Å². The maximum absolute atomic E-state index is 12.4. The maximum atomic E-state index is 12.4. The number of nitrogens with two attached hydrogens (primary N) is 1. The van der Waals surface area contributed by atoms with Crippen LogP contribution in [0.3, 0.4) is 0 Å². The van der Waals surface area contributed by atoms with Crippen LogP contribution in [-0.4, -0.2) is 83.6 Å². The summed E-state index contributed by atoms with van der Waals surface area (Å²) in [6.45, 7) is 5.72. The molecule has 1 aromatic heterocycles. The van der Waals surface area contributed by atoms with E-state index in [2.05, 4.69) is 26.8 Å². The van der Waals surface area contributed by atoms with Gasteiger partial charge in [0.15, 0.2) is 5.82 Å². The molecule has 1 amide bonds. The highest BCUT2D eigenvalue weighted by Gasteiger charge is 2.32. The third kappa shape index (κ3) is 3.98. The van der Waals surface area contributed by atoms with Crippen molar-refractivity contribution >= 4 is 17.8 Å². The summed E-state index contributed by atoms with van der Waals surface area (Å²) < 4.78 is 5.51. The number of piperazine rings is 1. The van der Waals surface area contributed by atoms with Crippen molar-refractivity contribution in [3.05, 3.63) is 5.82 Å². The first kappa shape index (κ1) is 17.8. The van der Waals surface area contributed by atoms with Gasteiger partial charge in [0.05, 0.1) is 6.04 Å². The largest absolute Gasteiger partial charge is 0.368 e. The first-order chi connectivity index (χ1) is 12.0. The normalized spacial score (nSPS) is 22.8. The molecular weight excluding hydrogens is 322 g/mol. The van der Waals surface area contributed by atoms with Crippen molar-refractivity contribution in [3.63, 3.8) is 0 Å². The second-order valence-corrected chi connectivity index (χ2v) is 6.79. The number of nitrogen functional groups attached to an aromatic ring is 1. The quantitative estimate of drug-likeness (QED) is 0.804. The van der Waals surface area contributed by atoms with E-state index in [1.54, 1.807) is 0 Å². The number of anilines is 2. The van der Waals surface area contributed by atoms with E-state index in [-0.39, 0.29) is 24.0 Å². The van der Waals surface area contributed by atoms with Crippen LogP contribution in [0.1, 0.15) is 31.6 Å². The lowest BCUT2D eigenvalue weighted by molar-refractivity contribution is -0.143. The Morgan fingerprint density at radius 1 is 1.24 bits per heavy atom. The molecule has 0 bridgehead atoms. The van der Waals surface area contributed by atoms with Gasteiger partial charge in [-0.2, -0.15) is 15.0 Å². The Bertz CT molecular complexity index is 611. The number of hydrogen-bond acceptors (Lipinski definition) is 8. The van der Waals surface area contributed by atoms with Crippen LogP contribution in [0.5, 0.6) is 0 Å². The molecule has 2 saturated heterocycles. The fraction of sp³-hybridized carbons (Fsp3) is 0.750. The average Bonchev–Trinajstić information content (AvgIpc) is 3.14. The zero-order valence-corrected chi connectivity index (χ0v) is 15.2. The maximum Gasteiger partial charge on any atom is 0.251 e. The van der Waals surface area contributed by atoms with Crippen molar-refractivity contribution in [2.24, 2.45) is 0 Å². The second-order valence-electron chi connectivity index (χ2n) is 6.79. The Labute approximate surface area is 148 Å². The highest BCUT2D eigenvalue weighted by molar-refractivity contribution is 5.81. The molecule has 2 N–H and O–H groups in total. The first-order valence-corrected chi connectivity index (χ1v) is 8.79. The Morgan fingerprint density at radius 2 is 1.96 bits per heavy atom. The van der Waals surface area contributed by atoms with Crippen LogP contribution in [0.15, 0.2) is 0 Å². The van der Waals surface area contributed by atoms with Gasteiger partial charge in [-0.1, -0.05) is 0 Å². The van der Waals surface area contributed by atoms with E-state index in [0.717, 1.165) is 25.9 Å². The Hall–Kier alpha value is -2.00. The summed E-state index contributed by atoms with van der Waals surface area (Å²) in [6, 6.07) is 0.0176. The van der Waals surface area contributed by atoms with Gasteiger partial charge in [-0.05, 0) is 19.8 Å². The topological polar surface area (TPSA) is 101 Å². The summed E-state index contributed by atoms with van der Waals surface area (Å²) in [5.74, 6) is 1.58. The van der Waals surface area contributed by atoms with Gasteiger partial charge >= 0.3 is 0 Å². The molecule has 0 aliphatic carbocycles. The van der Waals surface area contributed by atoms with Gasteiger partial charge in [-0.3, -0.25) is 9.69 Å². The van der Waals surface area contributed by atoms with Crippen LogP contribution in [0.2, 0.25) is 0 Å². The molecule has 25 heavy (non-hydrogen) atoms. The Kier molecular flexibility index (Phi) is 5.33. The second kappa shape index (κ2) is 7.49. The van der Waals surface area contributed by atoms with E-state index in [1.165, 1.54) is 0 Å². The number of rotatable bonds is 4. The Morgan fingerprint density at radius 3 is 2.56 bits per heavy atom. The number of nitrogens with zero attached hydrogens (tertiary/aromatic N) is 6. The standard InChI is InChI=1S/C16H27N7O2/c1-11(13-18-15(17)20-16(19-13)21(2)3)22-6-8-23(9-7-22)14(24)12-5-4-10-25-12/h11-12H,4-10H2,1-3H3,(H2,17,18,19,20)/t11-,12+/m1/s1. The summed E-state index contributed by atoms with van der Waals surface area (Å²) >= 11 is 0. The van der Waals surface area contributed by atoms with E-state index in [1.807, 2.05) is 23.9 Å². The zero-order valence-electron chi connectivity index (χ0n) is 15.2. The van der Waals surface area contributed by atoms with Crippen molar-refractivity contribution in [3.8, 4) is 0 Å². The van der Waals surface area contributed by atoms with Crippen molar-refractivity contribution in [1.82, 2.24) is 24.8 Å². The minimum Gasteiger partial charge on any atom is -0.368 e. The van der Waals surface area contributed by atoms with E-state index < -0.39 is 0 Å². The number of aromatic nitrogens is 3. The molecule has 3 rings (SSSR count). The molecule has 138 valence electrons. The highest BCUT2D eigenvalue weighted by atomic mass is 16.5. The number of amides is 1. The van der Waals surface area contributed by atoms with Gasteiger partial charge in [0, 0.05) is 46.9 Å². The third-order valence-corrected chi connectivity index (χ3v) is 4.81. The lowest BCUT2D eigenvalue weighted by atomic mass is 10.1. The number of ether oxygens (including phenoxy) is 1. The van der Waals surface area contributed by atoms with E-state index in [0.29, 0.717) is 31.5 Å². The summed E-state index contributed by atoms with van der Waals surface area (Å²) in [6.07, 6.45) is 1.57. The zero-order chi connectivity index (χ0) is 18.0. The molecule has 9 nitrogen and oxygen atoms in total. The molecule has 9 heteroatoms. The lowest BCUT2D eigenvalue weighted by Crippen LogP contribution is -2.52. The van der Waals surface area contributed by atoms with Crippen molar-refractivity contribution in [2.45, 2.75) is 31.9 Å². The molecule has 1 aromatic rings. The molecule has 0 unspecified atom stereocenters. The van der Waals surface area contributed by atoms with Crippen LogP contribution in [0.25, 0.3) is 0 Å². The van der Waals surface area contributed by atoms with Gasteiger partial charge in [0.25, 0.3) is 5.91 Å². The molecule has 0 radical (unpaired) electrons. The highest BCUT2D eigenvalue weighted by Crippen LogP contribution is 2.22. The van der Waals surface area contributed by atoms with Crippen molar-refractivity contribution < 1.29 is 9.53 Å². The van der Waals surface area contributed by atoms with Crippen LogP contribution >= 0.6 is 0 Å². The Balaban J connectivity index is 1.61. The van der Waals surface area contributed by atoms with Crippen LogP contribution in [0.4, 0.5) is 11.9 Å². The summed E-state index contributed by atoms with van der Waals surface area (Å²) in [5, 5.41) is 0. The monoisotopic (exact) mass is 349 g/mol. The third-order valence-electron chi connectivity index (χ3n) is 4.81. The number of hydrogen-bond donors (Lipinski definition) is 1. The molecule has 0 spiro atoms. The number of carbonyl (C=O) groups is 1. The molecule has 2 aliphatic rings. The lowest BCUT2D eigenvalue weighted by Gasteiger charge is -2.38. The van der Waals surface area contributed by atoms with Crippen LogP contribution in [-0.2, 0) is 9.53 Å². The smallest absolute Gasteiger partial charge is 0.251 e. The minimum atomic E-state index is -0.241. The molecule has 0 aromatic carbocycles. The van der Waals surface area contributed by atoms with Crippen LogP contribution in [0, 0.1) is 0 Å². The predicted octanol–water partition coefficient (Wildman–Crippen LogP) is -0.0960. The SMILES string of the molecule is C[C@H](c1nc(N)nc(N(C)C)n1)N1CCN(C(=O)[C@@H]2CCCO2)CC1. The van der Waals surface area contributed by atoms with Gasteiger partial charge in [0.1, 0.15) is 6.10 Å². The fourth-order valence-corrected chi connectivity index (χ4v) is 3.25. The average molecular weight is 349 g/mol. The predicted molar refractivity (Wildman–Crippen MR) is 94.1 cm³/mol. The van der Waals surface area contributed by atoms with E-state index >= 15 is 0 Å². The molecule has 2 atom stereocenters. The van der Waals surface area contributed by atoms with Gasteiger partial charge in [-0.15, -0.1) is 0 Å². The van der Waals surface area contributed by atoms with Gasteiger partial charge in [0.2, 0.25) is 11.9 Å². The first-order valence-electron chi connectivity index (χ1n) is 8.79. The molecule has 2 fully saturated rings.